The second kappa shape index (κ2) is 7.15. The number of nitrogens with zero attached hydrogens (tertiary/aromatic N) is 1. The van der Waals surface area contributed by atoms with Crippen molar-refractivity contribution in [3.8, 4) is 0 Å². The topological polar surface area (TPSA) is 50.8 Å². The number of urea groups is 1. The predicted molar refractivity (Wildman–Crippen MR) is 97.3 cm³/mol. The van der Waals surface area contributed by atoms with Crippen LogP contribution in [0.2, 0.25) is 0 Å². The van der Waals surface area contributed by atoms with E-state index in [2.05, 4.69) is 5.32 Å². The van der Waals surface area contributed by atoms with Gasteiger partial charge in [0.25, 0.3) is 0 Å². The molecule has 2 saturated heterocycles. The monoisotopic (exact) mass is 332 g/mol. The van der Waals surface area contributed by atoms with E-state index in [-0.39, 0.29) is 24.4 Å². The predicted octanol–water partition coefficient (Wildman–Crippen LogP) is 2.54. The number of carbonyl (C=O) groups excluding carboxylic acids is 1. The number of rotatable bonds is 3. The smallest absolute Gasteiger partial charge is 0.399 e. The van der Waals surface area contributed by atoms with E-state index in [1.165, 1.54) is 0 Å². The fourth-order valence-corrected chi connectivity index (χ4v) is 2.64. The Hall–Kier alpha value is -1.53. The van der Waals surface area contributed by atoms with Crippen LogP contribution in [0.3, 0.4) is 0 Å². The Balaban J connectivity index is 0.00000100. The lowest BCUT2D eigenvalue weighted by Crippen LogP contribution is -2.41. The summed E-state index contributed by atoms with van der Waals surface area (Å²) in [6.07, 6.45) is 0. The van der Waals surface area contributed by atoms with Gasteiger partial charge in [-0.05, 0) is 38.7 Å². The maximum absolute atomic E-state index is 11.6. The molecule has 0 radical (unpaired) electrons. The van der Waals surface area contributed by atoms with Gasteiger partial charge in [0.05, 0.1) is 11.2 Å². The van der Waals surface area contributed by atoms with Crippen molar-refractivity contribution in [2.45, 2.75) is 59.3 Å². The van der Waals surface area contributed by atoms with Gasteiger partial charge in [-0.1, -0.05) is 38.1 Å². The first kappa shape index (κ1) is 18.8. The molecular weight excluding hydrogens is 303 g/mol. The van der Waals surface area contributed by atoms with Gasteiger partial charge < -0.3 is 19.5 Å². The summed E-state index contributed by atoms with van der Waals surface area (Å²) in [4.78, 5) is 13.4. The van der Waals surface area contributed by atoms with Crippen molar-refractivity contribution < 1.29 is 14.1 Å². The third kappa shape index (κ3) is 3.76. The summed E-state index contributed by atoms with van der Waals surface area (Å²) in [5, 5.41) is 2.81. The fraction of sp³-hybridized carbons (Fsp3) is 0.611. The molecule has 0 saturated carbocycles. The van der Waals surface area contributed by atoms with Gasteiger partial charge >= 0.3 is 13.1 Å². The third-order valence-corrected chi connectivity index (χ3v) is 4.82. The molecule has 0 bridgehead atoms. The summed E-state index contributed by atoms with van der Waals surface area (Å²) in [6, 6.07) is 8.12. The molecule has 0 aromatic heterocycles. The average Bonchev–Trinajstić information content (AvgIpc) is 3.03. The van der Waals surface area contributed by atoms with Crippen molar-refractivity contribution in [2.24, 2.45) is 0 Å². The van der Waals surface area contributed by atoms with Crippen LogP contribution in [0.15, 0.2) is 24.3 Å². The van der Waals surface area contributed by atoms with Crippen LogP contribution in [0, 0.1) is 0 Å². The van der Waals surface area contributed by atoms with Crippen molar-refractivity contribution in [3.63, 3.8) is 0 Å². The molecule has 0 atom stereocenters. The molecule has 2 aliphatic rings. The third-order valence-electron chi connectivity index (χ3n) is 4.82. The maximum atomic E-state index is 11.6. The Morgan fingerprint density at radius 2 is 1.62 bits per heavy atom. The Morgan fingerprint density at radius 1 is 1.08 bits per heavy atom. The van der Waals surface area contributed by atoms with E-state index in [1.54, 1.807) is 0 Å². The van der Waals surface area contributed by atoms with E-state index in [1.807, 2.05) is 70.7 Å². The Morgan fingerprint density at radius 3 is 2.08 bits per heavy atom. The SMILES string of the molecule is CC.CC1(C)OB(c2ccc(CN3CCNC3=O)cc2)OC1(C)C. The Bertz CT molecular complexity index is 556. The Kier molecular flexibility index (Phi) is 5.61. The molecule has 1 aromatic rings. The van der Waals surface area contributed by atoms with Crippen LogP contribution in [0.1, 0.15) is 47.1 Å². The lowest BCUT2D eigenvalue weighted by atomic mass is 9.79. The van der Waals surface area contributed by atoms with E-state index in [4.69, 9.17) is 9.31 Å². The highest BCUT2D eigenvalue weighted by Crippen LogP contribution is 2.36. The highest BCUT2D eigenvalue weighted by molar-refractivity contribution is 6.62. The van der Waals surface area contributed by atoms with Crippen LogP contribution < -0.4 is 10.8 Å². The molecule has 5 nitrogen and oxygen atoms in total. The van der Waals surface area contributed by atoms with Crippen molar-refractivity contribution in [2.75, 3.05) is 13.1 Å². The van der Waals surface area contributed by atoms with Crippen LogP contribution in [0.4, 0.5) is 4.79 Å². The quantitative estimate of drug-likeness (QED) is 0.866. The van der Waals surface area contributed by atoms with Crippen molar-refractivity contribution in [1.82, 2.24) is 10.2 Å². The van der Waals surface area contributed by atoms with Gasteiger partial charge in [-0.2, -0.15) is 0 Å². The summed E-state index contributed by atoms with van der Waals surface area (Å²) >= 11 is 0. The molecule has 2 aliphatic heterocycles. The summed E-state index contributed by atoms with van der Waals surface area (Å²) < 4.78 is 12.1. The van der Waals surface area contributed by atoms with Crippen molar-refractivity contribution in [1.29, 1.82) is 0 Å². The van der Waals surface area contributed by atoms with Gasteiger partial charge in [0.1, 0.15) is 0 Å². The summed E-state index contributed by atoms with van der Waals surface area (Å²) in [7, 11) is -0.339. The molecule has 1 N–H and O–H groups in total. The molecule has 3 rings (SSSR count). The highest BCUT2D eigenvalue weighted by atomic mass is 16.7. The van der Waals surface area contributed by atoms with E-state index in [9.17, 15) is 4.79 Å². The minimum Gasteiger partial charge on any atom is -0.399 e. The van der Waals surface area contributed by atoms with Gasteiger partial charge in [0.2, 0.25) is 0 Å². The summed E-state index contributed by atoms with van der Waals surface area (Å²) in [5.74, 6) is 0. The first-order chi connectivity index (χ1) is 11.3. The molecule has 132 valence electrons. The molecule has 2 amide bonds. The number of amides is 2. The van der Waals surface area contributed by atoms with Crippen molar-refractivity contribution >= 4 is 18.6 Å². The average molecular weight is 332 g/mol. The Labute approximate surface area is 145 Å². The van der Waals surface area contributed by atoms with Crippen LogP contribution in [0.5, 0.6) is 0 Å². The molecule has 0 spiro atoms. The standard InChI is InChI=1S/C16H23BN2O3.C2H6/c1-15(2)16(3,4)22-17(21-15)13-7-5-12(6-8-13)11-19-10-9-18-14(19)20;1-2/h5-8H,9-11H2,1-4H3,(H,18,20);1-2H3. The molecule has 0 unspecified atom stereocenters. The van der Waals surface area contributed by atoms with Crippen LogP contribution in [0.25, 0.3) is 0 Å². The van der Waals surface area contributed by atoms with E-state index in [0.717, 1.165) is 24.1 Å². The van der Waals surface area contributed by atoms with E-state index < -0.39 is 0 Å². The van der Waals surface area contributed by atoms with E-state index in [0.29, 0.717) is 6.54 Å². The molecular formula is C18H29BN2O3. The van der Waals surface area contributed by atoms with Gasteiger partial charge in [0, 0.05) is 19.6 Å². The fourth-order valence-electron chi connectivity index (χ4n) is 2.64. The largest absolute Gasteiger partial charge is 0.494 e. The minimum atomic E-state index is -0.339. The number of carbonyl (C=O) groups is 1. The maximum Gasteiger partial charge on any atom is 0.494 e. The van der Waals surface area contributed by atoms with Gasteiger partial charge in [-0.25, -0.2) is 4.79 Å². The molecule has 6 heteroatoms. The van der Waals surface area contributed by atoms with Crippen molar-refractivity contribution in [3.05, 3.63) is 29.8 Å². The highest BCUT2D eigenvalue weighted by Gasteiger charge is 2.51. The lowest BCUT2D eigenvalue weighted by Gasteiger charge is -2.32. The molecule has 0 aliphatic carbocycles. The van der Waals surface area contributed by atoms with Crippen LogP contribution >= 0.6 is 0 Å². The van der Waals surface area contributed by atoms with Crippen LogP contribution in [-0.4, -0.2) is 42.3 Å². The summed E-state index contributed by atoms with van der Waals surface area (Å²) in [5.41, 5.74) is 1.46. The zero-order chi connectivity index (χ0) is 18.0. The first-order valence-corrected chi connectivity index (χ1v) is 8.76. The number of hydrogen-bond donors (Lipinski definition) is 1. The number of benzene rings is 1. The number of nitrogens with one attached hydrogen (secondary N) is 1. The lowest BCUT2D eigenvalue weighted by molar-refractivity contribution is 0.00578. The molecule has 24 heavy (non-hydrogen) atoms. The first-order valence-electron chi connectivity index (χ1n) is 8.76. The van der Waals surface area contributed by atoms with Gasteiger partial charge in [0.15, 0.2) is 0 Å². The van der Waals surface area contributed by atoms with Crippen LogP contribution in [-0.2, 0) is 15.9 Å². The zero-order valence-electron chi connectivity index (χ0n) is 15.7. The van der Waals surface area contributed by atoms with Gasteiger partial charge in [-0.15, -0.1) is 0 Å². The van der Waals surface area contributed by atoms with Gasteiger partial charge in [-0.3, -0.25) is 0 Å². The molecule has 2 heterocycles. The molecule has 1 aromatic carbocycles. The zero-order valence-corrected chi connectivity index (χ0v) is 15.7. The molecule has 2 fully saturated rings. The summed E-state index contributed by atoms with van der Waals surface area (Å²) in [6.45, 7) is 14.3. The second-order valence-corrected chi connectivity index (χ2v) is 6.98. The van der Waals surface area contributed by atoms with E-state index >= 15 is 0 Å². The normalized spacial score (nSPS) is 21.3. The minimum absolute atomic E-state index is 0.00929. The number of hydrogen-bond acceptors (Lipinski definition) is 3. The second-order valence-electron chi connectivity index (χ2n) is 6.98.